The first-order valence-electron chi connectivity index (χ1n) is 7.58. The third kappa shape index (κ3) is 3.47. The van der Waals surface area contributed by atoms with E-state index in [0.717, 1.165) is 32.3 Å². The highest BCUT2D eigenvalue weighted by Crippen LogP contribution is 2.43. The summed E-state index contributed by atoms with van der Waals surface area (Å²) >= 11 is 0. The lowest BCUT2D eigenvalue weighted by atomic mass is 9.76. The molecule has 2 saturated heterocycles. The maximum absolute atomic E-state index is 11.6. The van der Waals surface area contributed by atoms with Crippen molar-refractivity contribution in [3.05, 3.63) is 35.9 Å². The van der Waals surface area contributed by atoms with Crippen LogP contribution < -0.4 is 0 Å². The predicted molar refractivity (Wildman–Crippen MR) is 82.6 cm³/mol. The number of nitrogens with zero attached hydrogens (tertiary/aromatic N) is 1. The third-order valence-corrected chi connectivity index (χ3v) is 6.15. The average molecular weight is 309 g/mol. The molecule has 0 bridgehead atoms. The minimum atomic E-state index is -3.04. The Hall–Kier alpha value is -0.910. The zero-order valence-corrected chi connectivity index (χ0v) is 13.3. The quantitative estimate of drug-likeness (QED) is 0.858. The van der Waals surface area contributed by atoms with Gasteiger partial charge in [0.15, 0.2) is 0 Å². The van der Waals surface area contributed by atoms with Gasteiger partial charge in [0.25, 0.3) is 0 Å². The molecule has 1 aromatic carbocycles. The van der Waals surface area contributed by atoms with Crippen molar-refractivity contribution in [3.8, 4) is 0 Å². The summed E-state index contributed by atoms with van der Waals surface area (Å²) in [5, 5.41) is 0. The number of benzene rings is 1. The monoisotopic (exact) mass is 309 g/mol. The summed E-state index contributed by atoms with van der Waals surface area (Å²) in [5.41, 5.74) is 1.51. The fourth-order valence-electron chi connectivity index (χ4n) is 3.54. The standard InChI is InChI=1S/C16H23NO3S/c1-21(18,19)17-9-7-16(8-10-17)12-15(20-13-16)11-14-5-3-2-4-6-14/h2-6,15H,7-13H2,1H3/t15-/m0/s1. The van der Waals surface area contributed by atoms with Crippen LogP contribution in [0.25, 0.3) is 0 Å². The molecule has 0 aromatic heterocycles. The Bertz CT molecular complexity index is 577. The van der Waals surface area contributed by atoms with Crippen LogP contribution >= 0.6 is 0 Å². The first-order valence-corrected chi connectivity index (χ1v) is 9.42. The summed E-state index contributed by atoms with van der Waals surface area (Å²) in [6, 6.07) is 10.4. The van der Waals surface area contributed by atoms with E-state index in [4.69, 9.17) is 4.74 Å². The van der Waals surface area contributed by atoms with Gasteiger partial charge in [0, 0.05) is 13.1 Å². The van der Waals surface area contributed by atoms with E-state index in [0.29, 0.717) is 13.1 Å². The Morgan fingerprint density at radius 3 is 2.52 bits per heavy atom. The molecule has 3 rings (SSSR count). The van der Waals surface area contributed by atoms with Gasteiger partial charge in [-0.1, -0.05) is 30.3 Å². The minimum absolute atomic E-state index is 0.195. The van der Waals surface area contributed by atoms with Crippen molar-refractivity contribution in [2.75, 3.05) is 26.0 Å². The van der Waals surface area contributed by atoms with Crippen LogP contribution in [0, 0.1) is 5.41 Å². The van der Waals surface area contributed by atoms with Gasteiger partial charge in [-0.3, -0.25) is 0 Å². The molecular formula is C16H23NO3S. The van der Waals surface area contributed by atoms with Crippen molar-refractivity contribution < 1.29 is 13.2 Å². The third-order valence-electron chi connectivity index (χ3n) is 4.84. The van der Waals surface area contributed by atoms with E-state index in [-0.39, 0.29) is 11.5 Å². The van der Waals surface area contributed by atoms with Gasteiger partial charge in [-0.05, 0) is 36.7 Å². The van der Waals surface area contributed by atoms with Crippen LogP contribution in [0.3, 0.4) is 0 Å². The second-order valence-corrected chi connectivity index (χ2v) is 8.47. The second-order valence-electron chi connectivity index (χ2n) is 6.49. The molecule has 2 aliphatic rings. The topological polar surface area (TPSA) is 46.6 Å². The smallest absolute Gasteiger partial charge is 0.211 e. The number of ether oxygens (including phenoxy) is 1. The van der Waals surface area contributed by atoms with Crippen molar-refractivity contribution in [1.29, 1.82) is 0 Å². The van der Waals surface area contributed by atoms with Crippen molar-refractivity contribution in [2.24, 2.45) is 5.41 Å². The molecule has 2 fully saturated rings. The Kier molecular flexibility index (Phi) is 4.08. The van der Waals surface area contributed by atoms with Crippen LogP contribution in [0.2, 0.25) is 0 Å². The summed E-state index contributed by atoms with van der Waals surface area (Å²) < 4.78 is 30.8. The first kappa shape index (κ1) is 15.0. The van der Waals surface area contributed by atoms with E-state index in [1.165, 1.54) is 11.8 Å². The Morgan fingerprint density at radius 1 is 1.24 bits per heavy atom. The van der Waals surface area contributed by atoms with Crippen molar-refractivity contribution in [1.82, 2.24) is 4.31 Å². The van der Waals surface area contributed by atoms with E-state index in [2.05, 4.69) is 24.3 Å². The zero-order chi connectivity index (χ0) is 14.9. The molecule has 0 saturated carbocycles. The van der Waals surface area contributed by atoms with Gasteiger partial charge >= 0.3 is 0 Å². The van der Waals surface area contributed by atoms with Gasteiger partial charge in [0.1, 0.15) is 0 Å². The highest BCUT2D eigenvalue weighted by Gasteiger charge is 2.43. The van der Waals surface area contributed by atoms with E-state index >= 15 is 0 Å². The second kappa shape index (κ2) is 5.71. The molecule has 2 aliphatic heterocycles. The summed E-state index contributed by atoms with van der Waals surface area (Å²) in [5.74, 6) is 0. The molecule has 4 nitrogen and oxygen atoms in total. The predicted octanol–water partition coefficient (Wildman–Crippen LogP) is 2.06. The molecule has 21 heavy (non-hydrogen) atoms. The lowest BCUT2D eigenvalue weighted by Gasteiger charge is -2.37. The lowest BCUT2D eigenvalue weighted by Crippen LogP contribution is -2.43. The molecular weight excluding hydrogens is 286 g/mol. The molecule has 0 radical (unpaired) electrons. The molecule has 5 heteroatoms. The van der Waals surface area contributed by atoms with Crippen LogP contribution in [0.4, 0.5) is 0 Å². The number of hydrogen-bond donors (Lipinski definition) is 0. The van der Waals surface area contributed by atoms with E-state index in [1.54, 1.807) is 4.31 Å². The molecule has 1 atom stereocenters. The number of piperidine rings is 1. The Labute approximate surface area is 127 Å². The molecule has 0 unspecified atom stereocenters. The van der Waals surface area contributed by atoms with Gasteiger partial charge in [-0.25, -0.2) is 12.7 Å². The van der Waals surface area contributed by atoms with Crippen LogP contribution in [0.1, 0.15) is 24.8 Å². The number of sulfonamides is 1. The van der Waals surface area contributed by atoms with Gasteiger partial charge < -0.3 is 4.74 Å². The van der Waals surface area contributed by atoms with Crippen molar-refractivity contribution in [2.45, 2.75) is 31.8 Å². The maximum Gasteiger partial charge on any atom is 0.211 e. The average Bonchev–Trinajstić information content (AvgIpc) is 2.82. The molecule has 1 spiro atoms. The Balaban J connectivity index is 1.58. The first-order chi connectivity index (χ1) is 9.97. The zero-order valence-electron chi connectivity index (χ0n) is 12.5. The summed E-state index contributed by atoms with van der Waals surface area (Å²) in [7, 11) is -3.04. The van der Waals surface area contributed by atoms with E-state index < -0.39 is 10.0 Å². The highest BCUT2D eigenvalue weighted by atomic mass is 32.2. The SMILES string of the molecule is CS(=O)(=O)N1CCC2(CC1)CO[C@@H](Cc1ccccc1)C2. The normalized spacial score (nSPS) is 26.2. The van der Waals surface area contributed by atoms with Crippen molar-refractivity contribution in [3.63, 3.8) is 0 Å². The fourth-order valence-corrected chi connectivity index (χ4v) is 4.39. The van der Waals surface area contributed by atoms with Crippen molar-refractivity contribution >= 4 is 10.0 Å². The summed E-state index contributed by atoms with van der Waals surface area (Å²) in [4.78, 5) is 0. The minimum Gasteiger partial charge on any atom is -0.377 e. The van der Waals surface area contributed by atoms with Crippen LogP contribution in [0.15, 0.2) is 30.3 Å². The summed E-state index contributed by atoms with van der Waals surface area (Å²) in [6.45, 7) is 2.06. The van der Waals surface area contributed by atoms with Gasteiger partial charge in [-0.15, -0.1) is 0 Å². The lowest BCUT2D eigenvalue weighted by molar-refractivity contribution is 0.0793. The van der Waals surface area contributed by atoms with Crippen LogP contribution in [0.5, 0.6) is 0 Å². The van der Waals surface area contributed by atoms with E-state index in [1.807, 2.05) is 6.07 Å². The number of rotatable bonds is 3. The maximum atomic E-state index is 11.6. The molecule has 0 N–H and O–H groups in total. The fraction of sp³-hybridized carbons (Fsp3) is 0.625. The molecule has 1 aromatic rings. The van der Waals surface area contributed by atoms with Crippen LogP contribution in [-0.2, 0) is 21.2 Å². The summed E-state index contributed by atoms with van der Waals surface area (Å²) in [6.07, 6.45) is 5.43. The largest absolute Gasteiger partial charge is 0.377 e. The number of hydrogen-bond acceptors (Lipinski definition) is 3. The molecule has 0 aliphatic carbocycles. The van der Waals surface area contributed by atoms with Gasteiger partial charge in [0.05, 0.1) is 19.0 Å². The van der Waals surface area contributed by atoms with Gasteiger partial charge in [0.2, 0.25) is 10.0 Å². The Morgan fingerprint density at radius 2 is 1.90 bits per heavy atom. The van der Waals surface area contributed by atoms with Gasteiger partial charge in [-0.2, -0.15) is 0 Å². The molecule has 116 valence electrons. The molecule has 2 heterocycles. The molecule has 0 amide bonds. The van der Waals surface area contributed by atoms with Crippen LogP contribution in [-0.4, -0.2) is 44.8 Å². The van der Waals surface area contributed by atoms with E-state index in [9.17, 15) is 8.42 Å². The highest BCUT2D eigenvalue weighted by molar-refractivity contribution is 7.88.